The molecule has 0 bridgehead atoms. The predicted octanol–water partition coefficient (Wildman–Crippen LogP) is 4.46. The van der Waals surface area contributed by atoms with Gasteiger partial charge >= 0.3 is 5.97 Å². The fraction of sp³-hybridized carbons (Fsp3) is 0.182. The molecular weight excluding hydrogens is 434 g/mol. The number of carbonyl (C=O) groups excluding carboxylic acids is 1. The van der Waals surface area contributed by atoms with E-state index >= 15 is 0 Å². The number of amides is 1. The summed E-state index contributed by atoms with van der Waals surface area (Å²) < 4.78 is 6.26. The molecule has 2 aromatic heterocycles. The molecule has 31 heavy (non-hydrogen) atoms. The minimum Gasteiger partial charge on any atom is -0.497 e. The van der Waals surface area contributed by atoms with E-state index in [0.717, 1.165) is 15.8 Å². The van der Waals surface area contributed by atoms with Crippen molar-refractivity contribution in [2.24, 2.45) is 0 Å². The van der Waals surface area contributed by atoms with Gasteiger partial charge in [-0.15, -0.1) is 22.7 Å². The number of hydrogen-bond donors (Lipinski definition) is 1. The van der Waals surface area contributed by atoms with Gasteiger partial charge in [-0.3, -0.25) is 9.59 Å². The number of nitrogens with zero attached hydrogens (tertiary/aromatic N) is 3. The van der Waals surface area contributed by atoms with E-state index in [-0.39, 0.29) is 12.5 Å². The molecule has 0 fully saturated rings. The minimum absolute atomic E-state index is 0.121. The lowest BCUT2D eigenvalue weighted by Gasteiger charge is -2.18. The van der Waals surface area contributed by atoms with Crippen molar-refractivity contribution in [2.45, 2.75) is 13.5 Å². The predicted molar refractivity (Wildman–Crippen MR) is 121 cm³/mol. The zero-order valence-electron chi connectivity index (χ0n) is 16.9. The van der Waals surface area contributed by atoms with Gasteiger partial charge in [-0.25, -0.2) is 9.97 Å². The fourth-order valence-corrected chi connectivity index (χ4v) is 5.15. The van der Waals surface area contributed by atoms with Crippen LogP contribution >= 0.6 is 22.7 Å². The molecular formula is C22H19N3O4S2. The summed E-state index contributed by atoms with van der Waals surface area (Å²) >= 11 is 2.69. The van der Waals surface area contributed by atoms with Gasteiger partial charge in [0.05, 0.1) is 29.6 Å². The second kappa shape index (κ2) is 8.83. The molecule has 9 heteroatoms. The van der Waals surface area contributed by atoms with Gasteiger partial charge in [-0.1, -0.05) is 24.3 Å². The van der Waals surface area contributed by atoms with Crippen molar-refractivity contribution < 1.29 is 19.4 Å². The summed E-state index contributed by atoms with van der Waals surface area (Å²) in [5.41, 5.74) is 2.23. The topological polar surface area (TPSA) is 92.6 Å². The van der Waals surface area contributed by atoms with Crippen LogP contribution in [0.5, 0.6) is 5.75 Å². The van der Waals surface area contributed by atoms with Gasteiger partial charge in [-0.05, 0) is 31.2 Å². The smallest absolute Gasteiger partial charge is 0.323 e. The summed E-state index contributed by atoms with van der Waals surface area (Å²) in [7, 11) is 1.59. The van der Waals surface area contributed by atoms with Crippen LogP contribution in [0.1, 0.15) is 20.4 Å². The van der Waals surface area contributed by atoms with E-state index in [4.69, 9.17) is 4.74 Å². The van der Waals surface area contributed by atoms with Crippen LogP contribution in [-0.4, -0.2) is 45.5 Å². The van der Waals surface area contributed by atoms with Gasteiger partial charge < -0.3 is 14.7 Å². The van der Waals surface area contributed by atoms with E-state index < -0.39 is 12.5 Å². The van der Waals surface area contributed by atoms with Gasteiger partial charge in [0.1, 0.15) is 27.2 Å². The molecule has 158 valence electrons. The zero-order chi connectivity index (χ0) is 22.0. The number of aryl methyl sites for hydroxylation is 1. The molecule has 1 N–H and O–H groups in total. The van der Waals surface area contributed by atoms with Gasteiger partial charge in [0.25, 0.3) is 5.91 Å². The van der Waals surface area contributed by atoms with E-state index in [9.17, 15) is 14.7 Å². The van der Waals surface area contributed by atoms with Crippen LogP contribution in [0.4, 0.5) is 0 Å². The standard InChI is InChI=1S/C22H19N3O4S2/c1-13-20(31-21(23-13)14-6-5-7-15(10-14)29-2)22(28)25(12-19(26)27)11-18-24-16-8-3-4-9-17(16)30-18/h3-10H,11-12H2,1-2H3,(H,26,27). The highest BCUT2D eigenvalue weighted by Gasteiger charge is 2.25. The fourth-order valence-electron chi connectivity index (χ4n) is 3.13. The summed E-state index contributed by atoms with van der Waals surface area (Å²) in [5, 5.41) is 10.7. The lowest BCUT2D eigenvalue weighted by molar-refractivity contribution is -0.137. The average Bonchev–Trinajstić information content (AvgIpc) is 3.35. The van der Waals surface area contributed by atoms with Crippen molar-refractivity contribution in [3.8, 4) is 16.3 Å². The molecule has 4 rings (SSSR count). The second-order valence-electron chi connectivity index (χ2n) is 6.80. The molecule has 0 aliphatic heterocycles. The van der Waals surface area contributed by atoms with Crippen molar-refractivity contribution in [1.82, 2.24) is 14.9 Å². The third-order valence-electron chi connectivity index (χ3n) is 4.59. The maximum atomic E-state index is 13.3. The number of fused-ring (bicyclic) bond motifs is 1. The number of ether oxygens (including phenoxy) is 1. The third-order valence-corrected chi connectivity index (χ3v) is 6.80. The molecule has 4 aromatic rings. The number of aromatic nitrogens is 2. The Labute approximate surface area is 186 Å². The first-order chi connectivity index (χ1) is 14.9. The van der Waals surface area contributed by atoms with Crippen LogP contribution in [0.2, 0.25) is 0 Å². The van der Waals surface area contributed by atoms with Crippen LogP contribution in [0.25, 0.3) is 20.8 Å². The van der Waals surface area contributed by atoms with E-state index in [1.54, 1.807) is 14.0 Å². The monoisotopic (exact) mass is 453 g/mol. The first-order valence-electron chi connectivity index (χ1n) is 9.42. The number of carboxylic acids is 1. The first kappa shape index (κ1) is 21.0. The van der Waals surface area contributed by atoms with Gasteiger partial charge in [0.15, 0.2) is 0 Å². The Morgan fingerprint density at radius 3 is 2.65 bits per heavy atom. The summed E-state index contributed by atoms with van der Waals surface area (Å²) in [6.45, 7) is 1.46. The Morgan fingerprint density at radius 1 is 1.10 bits per heavy atom. The lowest BCUT2D eigenvalue weighted by Crippen LogP contribution is -2.35. The third kappa shape index (κ3) is 4.57. The van der Waals surface area contributed by atoms with Crippen molar-refractivity contribution in [3.63, 3.8) is 0 Å². The SMILES string of the molecule is COc1cccc(-c2nc(C)c(C(=O)N(CC(=O)O)Cc3nc4ccccc4s3)s2)c1. The number of methoxy groups -OCH3 is 1. The summed E-state index contributed by atoms with van der Waals surface area (Å²) in [6.07, 6.45) is 0. The van der Waals surface area contributed by atoms with Crippen LogP contribution in [0, 0.1) is 6.92 Å². The van der Waals surface area contributed by atoms with Crippen LogP contribution in [-0.2, 0) is 11.3 Å². The molecule has 0 saturated heterocycles. The van der Waals surface area contributed by atoms with Crippen LogP contribution < -0.4 is 4.74 Å². The number of rotatable bonds is 7. The number of benzene rings is 2. The summed E-state index contributed by atoms with van der Waals surface area (Å²) in [6, 6.07) is 15.1. The summed E-state index contributed by atoms with van der Waals surface area (Å²) in [4.78, 5) is 35.5. The molecule has 0 saturated carbocycles. The quantitative estimate of drug-likeness (QED) is 0.444. The maximum absolute atomic E-state index is 13.3. The average molecular weight is 454 g/mol. The highest BCUT2D eigenvalue weighted by molar-refractivity contribution is 7.18. The van der Waals surface area contributed by atoms with Crippen molar-refractivity contribution in [2.75, 3.05) is 13.7 Å². The number of carboxylic acid groups (broad SMARTS) is 1. The zero-order valence-corrected chi connectivity index (χ0v) is 18.5. The Morgan fingerprint density at radius 2 is 1.90 bits per heavy atom. The number of aliphatic carboxylic acids is 1. The van der Waals surface area contributed by atoms with Crippen molar-refractivity contribution in [1.29, 1.82) is 0 Å². The highest BCUT2D eigenvalue weighted by atomic mass is 32.1. The van der Waals surface area contributed by atoms with Crippen LogP contribution in [0.3, 0.4) is 0 Å². The molecule has 0 aliphatic carbocycles. The van der Waals surface area contributed by atoms with Gasteiger partial charge in [0.2, 0.25) is 0 Å². The molecule has 0 aliphatic rings. The Hall–Kier alpha value is -3.30. The highest BCUT2D eigenvalue weighted by Crippen LogP contribution is 2.31. The van der Waals surface area contributed by atoms with Crippen LogP contribution in [0.15, 0.2) is 48.5 Å². The van der Waals surface area contributed by atoms with E-state index in [1.165, 1.54) is 27.6 Å². The molecule has 0 radical (unpaired) electrons. The van der Waals surface area contributed by atoms with Crippen molar-refractivity contribution >= 4 is 44.8 Å². The molecule has 2 aromatic carbocycles. The molecule has 0 spiro atoms. The first-order valence-corrected chi connectivity index (χ1v) is 11.1. The largest absolute Gasteiger partial charge is 0.497 e. The minimum atomic E-state index is -1.08. The Balaban J connectivity index is 1.63. The lowest BCUT2D eigenvalue weighted by atomic mass is 10.2. The normalized spacial score (nSPS) is 10.9. The Bertz CT molecular complexity index is 1230. The Kier molecular flexibility index (Phi) is 5.97. The summed E-state index contributed by atoms with van der Waals surface area (Å²) in [5.74, 6) is -0.753. The molecule has 0 atom stereocenters. The van der Waals surface area contributed by atoms with Crippen molar-refractivity contribution in [3.05, 3.63) is 64.1 Å². The van der Waals surface area contributed by atoms with Gasteiger partial charge in [0, 0.05) is 5.56 Å². The molecule has 2 heterocycles. The second-order valence-corrected chi connectivity index (χ2v) is 8.91. The maximum Gasteiger partial charge on any atom is 0.323 e. The number of carbonyl (C=O) groups is 2. The molecule has 1 amide bonds. The van der Waals surface area contributed by atoms with E-state index in [0.29, 0.717) is 26.3 Å². The number of thiazole rings is 2. The number of hydrogen-bond acceptors (Lipinski definition) is 7. The van der Waals surface area contributed by atoms with E-state index in [1.807, 2.05) is 48.5 Å². The molecule has 0 unspecified atom stereocenters. The molecule has 7 nitrogen and oxygen atoms in total. The van der Waals surface area contributed by atoms with E-state index in [2.05, 4.69) is 9.97 Å². The number of para-hydroxylation sites is 1. The van der Waals surface area contributed by atoms with Gasteiger partial charge in [-0.2, -0.15) is 0 Å².